The van der Waals surface area contributed by atoms with Crippen LogP contribution in [0.15, 0.2) is 24.3 Å². The maximum absolute atomic E-state index is 13.0. The van der Waals surface area contributed by atoms with Gasteiger partial charge >= 0.3 is 39.5 Å². The zero-order valence-corrected chi connectivity index (χ0v) is 55.3. The number of ether oxygens (including phenoxy) is 4. The molecular weight excluding hydrogens is 1110 g/mol. The van der Waals surface area contributed by atoms with Gasteiger partial charge in [0.2, 0.25) is 0 Å². The van der Waals surface area contributed by atoms with Gasteiger partial charge in [-0.1, -0.05) is 252 Å². The van der Waals surface area contributed by atoms with Crippen molar-refractivity contribution in [2.75, 3.05) is 39.6 Å². The molecule has 2 unspecified atom stereocenters. The SMILES string of the molecule is CCCCCC/C=C\C=C/CCCCCCCC(=O)OC[C@H](COP(=O)(O)OC[C@@H](O)COP(=O)(O)OC[C@@H](COC(=O)CCCCCCC)OC(=O)CCCCCCCCCC)OC(=O)CCCCCCCCCCCCCCCC(C)C. The summed E-state index contributed by atoms with van der Waals surface area (Å²) in [5.41, 5.74) is 0. The summed E-state index contributed by atoms with van der Waals surface area (Å²) in [7, 11) is -9.89. The molecule has 0 spiro atoms. The summed E-state index contributed by atoms with van der Waals surface area (Å²) >= 11 is 0. The monoisotopic (exact) mass is 1240 g/mol. The Morgan fingerprint density at radius 2 is 0.643 bits per heavy atom. The van der Waals surface area contributed by atoms with Gasteiger partial charge in [-0.25, -0.2) is 9.13 Å². The number of esters is 4. The number of hydrogen-bond acceptors (Lipinski definition) is 15. The molecule has 17 nitrogen and oxygen atoms in total. The molecular formula is C65H122O17P2. The van der Waals surface area contributed by atoms with Crippen LogP contribution in [-0.4, -0.2) is 96.7 Å². The van der Waals surface area contributed by atoms with Crippen molar-refractivity contribution in [1.29, 1.82) is 0 Å². The van der Waals surface area contributed by atoms with E-state index in [1.165, 1.54) is 96.3 Å². The minimum atomic E-state index is -4.95. The van der Waals surface area contributed by atoms with Gasteiger partial charge in [0.25, 0.3) is 0 Å². The Morgan fingerprint density at radius 3 is 0.976 bits per heavy atom. The molecule has 494 valence electrons. The Balaban J connectivity index is 5.19. The van der Waals surface area contributed by atoms with E-state index >= 15 is 0 Å². The first-order valence-corrected chi connectivity index (χ1v) is 36.4. The molecule has 0 aliphatic rings. The van der Waals surface area contributed by atoms with Crippen molar-refractivity contribution in [3.05, 3.63) is 24.3 Å². The quantitative estimate of drug-likeness (QED) is 0.0169. The molecule has 5 atom stereocenters. The molecule has 0 aromatic rings. The number of hydrogen-bond donors (Lipinski definition) is 3. The molecule has 0 saturated carbocycles. The van der Waals surface area contributed by atoms with Crippen LogP contribution in [0.5, 0.6) is 0 Å². The molecule has 0 aromatic carbocycles. The first-order valence-electron chi connectivity index (χ1n) is 33.5. The average Bonchev–Trinajstić information content (AvgIpc) is 3.55. The smallest absolute Gasteiger partial charge is 0.462 e. The van der Waals surface area contributed by atoms with E-state index in [-0.39, 0.29) is 25.7 Å². The Kier molecular flexibility index (Phi) is 56.5. The third-order valence-electron chi connectivity index (χ3n) is 14.4. The highest BCUT2D eigenvalue weighted by Gasteiger charge is 2.30. The Bertz CT molecular complexity index is 1730. The number of phosphoric acid groups is 2. The van der Waals surface area contributed by atoms with Crippen LogP contribution in [0.2, 0.25) is 0 Å². The number of aliphatic hydroxyl groups is 1. The number of carbonyl (C=O) groups is 4. The third kappa shape index (κ3) is 58.6. The maximum Gasteiger partial charge on any atom is 0.472 e. The van der Waals surface area contributed by atoms with E-state index in [0.29, 0.717) is 25.7 Å². The Labute approximate surface area is 510 Å². The fourth-order valence-electron chi connectivity index (χ4n) is 9.22. The predicted octanol–water partition coefficient (Wildman–Crippen LogP) is 17.7. The number of carbonyl (C=O) groups excluding carboxylic acids is 4. The number of phosphoric ester groups is 2. The van der Waals surface area contributed by atoms with Gasteiger partial charge in [-0.3, -0.25) is 37.3 Å². The van der Waals surface area contributed by atoms with Gasteiger partial charge in [0.1, 0.15) is 19.3 Å². The topological polar surface area (TPSA) is 237 Å². The van der Waals surface area contributed by atoms with Crippen molar-refractivity contribution >= 4 is 39.5 Å². The lowest BCUT2D eigenvalue weighted by molar-refractivity contribution is -0.161. The van der Waals surface area contributed by atoms with Crippen LogP contribution in [0.3, 0.4) is 0 Å². The fraction of sp³-hybridized carbons (Fsp3) is 0.877. The van der Waals surface area contributed by atoms with Gasteiger partial charge in [-0.2, -0.15) is 0 Å². The van der Waals surface area contributed by atoms with Crippen molar-refractivity contribution < 1.29 is 80.2 Å². The summed E-state index contributed by atoms with van der Waals surface area (Å²) < 4.78 is 67.7. The van der Waals surface area contributed by atoms with Crippen molar-refractivity contribution in [1.82, 2.24) is 0 Å². The first-order chi connectivity index (χ1) is 40.5. The minimum absolute atomic E-state index is 0.100. The van der Waals surface area contributed by atoms with Crippen LogP contribution in [-0.2, 0) is 65.4 Å². The van der Waals surface area contributed by atoms with Crippen molar-refractivity contribution in [2.45, 2.75) is 323 Å². The van der Waals surface area contributed by atoms with Gasteiger partial charge in [-0.15, -0.1) is 0 Å². The summed E-state index contributed by atoms with van der Waals surface area (Å²) in [5.74, 6) is -1.39. The molecule has 3 N–H and O–H groups in total. The molecule has 0 rings (SSSR count). The van der Waals surface area contributed by atoms with Crippen LogP contribution in [0.25, 0.3) is 0 Å². The Hall–Kier alpha value is -2.46. The van der Waals surface area contributed by atoms with E-state index in [1.807, 2.05) is 0 Å². The number of unbranched alkanes of at least 4 members (excludes halogenated alkanes) is 32. The highest BCUT2D eigenvalue weighted by molar-refractivity contribution is 7.47. The lowest BCUT2D eigenvalue weighted by Gasteiger charge is -2.21. The van der Waals surface area contributed by atoms with Gasteiger partial charge < -0.3 is 33.8 Å². The number of allylic oxidation sites excluding steroid dienone is 4. The maximum atomic E-state index is 13.0. The van der Waals surface area contributed by atoms with Crippen molar-refractivity contribution in [3.8, 4) is 0 Å². The van der Waals surface area contributed by atoms with Crippen LogP contribution >= 0.6 is 15.6 Å². The second-order valence-electron chi connectivity index (χ2n) is 23.3. The molecule has 0 radical (unpaired) electrons. The number of rotatable bonds is 63. The van der Waals surface area contributed by atoms with Crippen LogP contribution in [0, 0.1) is 5.92 Å². The number of aliphatic hydroxyl groups excluding tert-OH is 1. The van der Waals surface area contributed by atoms with E-state index in [1.54, 1.807) is 0 Å². The van der Waals surface area contributed by atoms with Crippen molar-refractivity contribution in [3.63, 3.8) is 0 Å². The Morgan fingerprint density at radius 1 is 0.369 bits per heavy atom. The zero-order chi connectivity index (χ0) is 62.0. The largest absolute Gasteiger partial charge is 0.472 e. The van der Waals surface area contributed by atoms with E-state index in [4.69, 9.17) is 37.0 Å². The second kappa shape index (κ2) is 58.2. The molecule has 0 heterocycles. The predicted molar refractivity (Wildman–Crippen MR) is 335 cm³/mol. The van der Waals surface area contributed by atoms with Gasteiger partial charge in [0, 0.05) is 25.7 Å². The van der Waals surface area contributed by atoms with Gasteiger partial charge in [-0.05, 0) is 57.3 Å². The highest BCUT2D eigenvalue weighted by Crippen LogP contribution is 2.45. The van der Waals surface area contributed by atoms with E-state index < -0.39 is 97.5 Å². The average molecular weight is 1240 g/mol. The molecule has 0 aliphatic heterocycles. The van der Waals surface area contributed by atoms with Crippen molar-refractivity contribution in [2.24, 2.45) is 5.92 Å². The normalized spacial score (nSPS) is 14.4. The summed E-state index contributed by atoms with van der Waals surface area (Å²) in [6, 6.07) is 0. The third-order valence-corrected chi connectivity index (χ3v) is 16.3. The molecule has 0 bridgehead atoms. The summed E-state index contributed by atoms with van der Waals surface area (Å²) in [6.07, 6.45) is 45.7. The molecule has 0 saturated heterocycles. The van der Waals surface area contributed by atoms with E-state index in [0.717, 1.165) is 128 Å². The van der Waals surface area contributed by atoms with E-state index in [9.17, 15) is 43.2 Å². The summed E-state index contributed by atoms with van der Waals surface area (Å²) in [4.78, 5) is 71.9. The molecule has 0 amide bonds. The summed E-state index contributed by atoms with van der Waals surface area (Å²) in [5, 5.41) is 10.5. The standard InChI is InChI=1S/C65H122O17P2/c1-6-9-12-15-17-19-20-21-22-25-28-31-35-39-44-49-63(68)76-55-61(82-65(70)51-46-41-36-32-29-26-23-24-27-30-33-38-42-47-58(4)5)57-80-84(73,74)78-53-59(66)52-77-83(71,72)79-56-60(54-75-62(67)48-43-37-14-11-8-3)81-64(69)50-45-40-34-18-16-13-10-7-2/h19-22,58-61,66H,6-18,23-57H2,1-5H3,(H,71,72)(H,73,74)/b20-19-,22-21-/t59-,60+,61+/m0/s1. The minimum Gasteiger partial charge on any atom is -0.462 e. The van der Waals surface area contributed by atoms with Gasteiger partial charge in [0.05, 0.1) is 26.4 Å². The molecule has 0 aliphatic carbocycles. The summed E-state index contributed by atoms with van der Waals surface area (Å²) in [6.45, 7) is 7.03. The molecule has 84 heavy (non-hydrogen) atoms. The second-order valence-corrected chi connectivity index (χ2v) is 26.2. The van der Waals surface area contributed by atoms with Crippen LogP contribution in [0.4, 0.5) is 0 Å². The van der Waals surface area contributed by atoms with Crippen LogP contribution < -0.4 is 0 Å². The van der Waals surface area contributed by atoms with Gasteiger partial charge in [0.15, 0.2) is 12.2 Å². The molecule has 19 heteroatoms. The molecule has 0 fully saturated rings. The lowest BCUT2D eigenvalue weighted by Crippen LogP contribution is -2.30. The van der Waals surface area contributed by atoms with E-state index in [2.05, 4.69) is 58.9 Å². The first kappa shape index (κ1) is 81.5. The lowest BCUT2D eigenvalue weighted by atomic mass is 10.0. The zero-order valence-electron chi connectivity index (χ0n) is 53.5. The highest BCUT2D eigenvalue weighted by atomic mass is 31.2. The fourth-order valence-corrected chi connectivity index (χ4v) is 10.8. The molecule has 0 aromatic heterocycles. The van der Waals surface area contributed by atoms with Crippen LogP contribution in [0.1, 0.15) is 304 Å².